The molecule has 3 aliphatic rings. The normalized spacial score (nSPS) is 17.9. The molecule has 222 valence electrons. The summed E-state index contributed by atoms with van der Waals surface area (Å²) < 4.78 is 11.8. The van der Waals surface area contributed by atoms with Gasteiger partial charge in [-0.15, -0.1) is 0 Å². The minimum Gasteiger partial charge on any atom is -0.490 e. The van der Waals surface area contributed by atoms with Crippen LogP contribution in [0.1, 0.15) is 80.1 Å². The fourth-order valence-corrected chi connectivity index (χ4v) is 7.10. The molecule has 1 saturated heterocycles. The summed E-state index contributed by atoms with van der Waals surface area (Å²) >= 11 is 13.0. The molecule has 2 saturated carbocycles. The van der Waals surface area contributed by atoms with Crippen molar-refractivity contribution in [1.29, 1.82) is 0 Å². The smallest absolute Gasteiger partial charge is 0.354 e. The number of aromatic nitrogens is 3. The van der Waals surface area contributed by atoms with Crippen LogP contribution in [0.15, 0.2) is 46.8 Å². The van der Waals surface area contributed by atoms with Crippen molar-refractivity contribution in [3.05, 3.63) is 69.3 Å². The first-order valence-electron chi connectivity index (χ1n) is 14.8. The first kappa shape index (κ1) is 28.2. The Morgan fingerprint density at radius 1 is 1.14 bits per heavy atom. The van der Waals surface area contributed by atoms with E-state index in [2.05, 4.69) is 32.2 Å². The van der Waals surface area contributed by atoms with Gasteiger partial charge in [0.05, 0.1) is 21.7 Å². The summed E-state index contributed by atoms with van der Waals surface area (Å²) in [7, 11) is 0. The number of halogens is 2. The van der Waals surface area contributed by atoms with E-state index in [1.165, 1.54) is 11.6 Å². The van der Waals surface area contributed by atoms with Crippen molar-refractivity contribution < 1.29 is 19.2 Å². The Balaban J connectivity index is 1.09. The lowest BCUT2D eigenvalue weighted by atomic mass is 9.60. The highest BCUT2D eigenvalue weighted by molar-refractivity contribution is 6.39. The van der Waals surface area contributed by atoms with Crippen molar-refractivity contribution in [3.8, 4) is 17.0 Å². The summed E-state index contributed by atoms with van der Waals surface area (Å²) in [5.41, 5.74) is 5.79. The van der Waals surface area contributed by atoms with Gasteiger partial charge in [0, 0.05) is 59.7 Å². The fourth-order valence-electron chi connectivity index (χ4n) is 6.56. The summed E-state index contributed by atoms with van der Waals surface area (Å²) in [5.74, 6) is 0.826. The maximum absolute atomic E-state index is 11.6. The van der Waals surface area contributed by atoms with Crippen LogP contribution in [0.5, 0.6) is 5.75 Å². The van der Waals surface area contributed by atoms with Crippen LogP contribution in [0.3, 0.4) is 0 Å². The summed E-state index contributed by atoms with van der Waals surface area (Å²) in [6, 6.07) is 7.53. The summed E-state index contributed by atoms with van der Waals surface area (Å²) in [6.07, 6.45) is 11.9. The molecule has 0 amide bonds. The minimum absolute atomic E-state index is 0.0146. The van der Waals surface area contributed by atoms with Crippen LogP contribution in [0.2, 0.25) is 10.0 Å². The molecule has 8 nitrogen and oxygen atoms in total. The number of anilines is 1. The lowest BCUT2D eigenvalue weighted by molar-refractivity contribution is 0.0690. The SMILES string of the molecule is CC(C)Oc1cc(C(=O)O)nc2ccc(N3CCC4(CC3)CC(=Cc3c(-c5c(Cl)cncc5Cl)noc3C3CC3)C4)cc12. The average molecular weight is 620 g/mol. The highest BCUT2D eigenvalue weighted by Crippen LogP contribution is 2.54. The number of benzene rings is 1. The Kier molecular flexibility index (Phi) is 7.09. The molecule has 3 fully saturated rings. The predicted octanol–water partition coefficient (Wildman–Crippen LogP) is 8.42. The van der Waals surface area contributed by atoms with E-state index >= 15 is 0 Å². The highest BCUT2D eigenvalue weighted by Gasteiger charge is 2.43. The van der Waals surface area contributed by atoms with Gasteiger partial charge in [0.15, 0.2) is 5.69 Å². The molecule has 3 aromatic heterocycles. The van der Waals surface area contributed by atoms with Crippen molar-refractivity contribution in [3.63, 3.8) is 0 Å². The Bertz CT molecular complexity index is 1740. The molecule has 1 aliphatic heterocycles. The van der Waals surface area contributed by atoms with Gasteiger partial charge < -0.3 is 19.3 Å². The van der Waals surface area contributed by atoms with Crippen molar-refractivity contribution in [1.82, 2.24) is 15.1 Å². The van der Waals surface area contributed by atoms with Gasteiger partial charge in [-0.05, 0) is 82.1 Å². The number of allylic oxidation sites excluding steroid dienone is 1. The second-order valence-electron chi connectivity index (χ2n) is 12.4. The topological polar surface area (TPSA) is 102 Å². The van der Waals surface area contributed by atoms with Gasteiger partial charge in [0.25, 0.3) is 0 Å². The Hall–Kier alpha value is -3.62. The molecule has 4 aromatic rings. The van der Waals surface area contributed by atoms with E-state index in [4.69, 9.17) is 32.5 Å². The fraction of sp³-hybridized carbons (Fsp3) is 0.394. The molecule has 2 aliphatic carbocycles. The third-order valence-corrected chi connectivity index (χ3v) is 9.45. The van der Waals surface area contributed by atoms with Gasteiger partial charge in [0.1, 0.15) is 17.2 Å². The van der Waals surface area contributed by atoms with Crippen molar-refractivity contribution in [2.24, 2.45) is 5.41 Å². The lowest BCUT2D eigenvalue weighted by Crippen LogP contribution is -2.44. The van der Waals surface area contributed by atoms with E-state index in [-0.39, 0.29) is 11.8 Å². The van der Waals surface area contributed by atoms with Crippen LogP contribution < -0.4 is 9.64 Å². The van der Waals surface area contributed by atoms with Crippen molar-refractivity contribution >= 4 is 51.8 Å². The van der Waals surface area contributed by atoms with Crippen LogP contribution in [0, 0.1) is 5.41 Å². The van der Waals surface area contributed by atoms with Gasteiger partial charge in [0.2, 0.25) is 0 Å². The largest absolute Gasteiger partial charge is 0.490 e. The molecule has 1 spiro atoms. The molecular formula is C33H32Cl2N4O4. The van der Waals surface area contributed by atoms with Gasteiger partial charge in [-0.25, -0.2) is 9.78 Å². The zero-order valence-electron chi connectivity index (χ0n) is 24.1. The number of aromatic carboxylic acids is 1. The number of ether oxygens (including phenoxy) is 1. The molecule has 10 heteroatoms. The van der Waals surface area contributed by atoms with E-state index < -0.39 is 5.97 Å². The maximum atomic E-state index is 11.6. The second-order valence-corrected chi connectivity index (χ2v) is 13.2. The molecule has 0 unspecified atom stereocenters. The predicted molar refractivity (Wildman–Crippen MR) is 167 cm³/mol. The molecule has 0 radical (unpaired) electrons. The van der Waals surface area contributed by atoms with Gasteiger partial charge in [-0.1, -0.05) is 33.9 Å². The van der Waals surface area contributed by atoms with E-state index in [0.717, 1.165) is 74.0 Å². The third-order valence-electron chi connectivity index (χ3n) is 8.87. The van der Waals surface area contributed by atoms with Crippen LogP contribution >= 0.6 is 23.2 Å². The van der Waals surface area contributed by atoms with Crippen LogP contribution in [-0.4, -0.2) is 45.4 Å². The van der Waals surface area contributed by atoms with Crippen molar-refractivity contribution in [2.45, 2.75) is 64.4 Å². The molecular weight excluding hydrogens is 587 g/mol. The number of pyridine rings is 2. The van der Waals surface area contributed by atoms with Gasteiger partial charge in [-0.2, -0.15) is 0 Å². The van der Waals surface area contributed by atoms with Crippen molar-refractivity contribution in [2.75, 3.05) is 18.0 Å². The molecule has 1 aromatic carbocycles. The molecule has 1 N–H and O–H groups in total. The number of carboxylic acid groups (broad SMARTS) is 1. The summed E-state index contributed by atoms with van der Waals surface area (Å²) in [5, 5.41) is 15.7. The molecule has 4 heterocycles. The molecule has 43 heavy (non-hydrogen) atoms. The Morgan fingerprint density at radius 3 is 2.51 bits per heavy atom. The highest BCUT2D eigenvalue weighted by atomic mass is 35.5. The maximum Gasteiger partial charge on any atom is 0.354 e. The second kappa shape index (κ2) is 10.8. The van der Waals surface area contributed by atoms with Gasteiger partial charge >= 0.3 is 5.97 Å². The standard InChI is InChI=1S/C33H32Cl2N4O4/c1-18(2)42-28-13-27(32(40)41)37-26-6-5-21(12-22(26)28)39-9-7-33(8-10-39)14-19(15-33)11-23-30(38-43-31(23)20-3-4-20)29-24(34)16-36-17-25(29)35/h5-6,11-13,16-18,20H,3-4,7-10,14-15H2,1-2H3,(H,40,41). The molecule has 0 atom stereocenters. The first-order chi connectivity index (χ1) is 20.7. The minimum atomic E-state index is -1.07. The number of fused-ring (bicyclic) bond motifs is 1. The van der Waals surface area contributed by atoms with E-state index in [1.54, 1.807) is 12.4 Å². The number of hydrogen-bond donors (Lipinski definition) is 1. The number of hydrogen-bond acceptors (Lipinski definition) is 7. The number of carboxylic acids is 1. The molecule has 7 rings (SSSR count). The monoisotopic (exact) mass is 618 g/mol. The number of piperidine rings is 1. The zero-order valence-corrected chi connectivity index (χ0v) is 25.6. The quantitative estimate of drug-likeness (QED) is 0.220. The van der Waals surface area contributed by atoms with Crippen LogP contribution in [-0.2, 0) is 0 Å². The average Bonchev–Trinajstić information content (AvgIpc) is 3.72. The molecule has 0 bridgehead atoms. The van der Waals surface area contributed by atoms with E-state index in [0.29, 0.717) is 43.9 Å². The lowest BCUT2D eigenvalue weighted by Gasteiger charge is -2.50. The number of carbonyl (C=O) groups is 1. The number of rotatable bonds is 7. The van der Waals surface area contributed by atoms with Crippen LogP contribution in [0.4, 0.5) is 5.69 Å². The van der Waals surface area contributed by atoms with Crippen LogP contribution in [0.25, 0.3) is 28.2 Å². The van der Waals surface area contributed by atoms with E-state index in [9.17, 15) is 9.90 Å². The Labute approximate surface area is 259 Å². The van der Waals surface area contributed by atoms with Gasteiger partial charge in [-0.3, -0.25) is 4.98 Å². The van der Waals surface area contributed by atoms with E-state index in [1.807, 2.05) is 26.0 Å². The summed E-state index contributed by atoms with van der Waals surface area (Å²) in [6.45, 7) is 5.77. The third kappa shape index (κ3) is 5.36. The Morgan fingerprint density at radius 2 is 1.86 bits per heavy atom. The number of nitrogens with zero attached hydrogens (tertiary/aromatic N) is 4. The summed E-state index contributed by atoms with van der Waals surface area (Å²) in [4.78, 5) is 22.5. The first-order valence-corrected chi connectivity index (χ1v) is 15.5. The zero-order chi connectivity index (χ0) is 29.9.